The number of hydrogen-bond acceptors (Lipinski definition) is 4. The number of aliphatic carboxylic acids is 1. The maximum Gasteiger partial charge on any atom is 0.313 e. The number of carbonyl (C=O) groups is 1. The Hall–Kier alpha value is -2.08. The molecule has 0 saturated heterocycles. The molecule has 3 rings (SSSR count). The number of benzene rings is 1. The molecule has 0 bridgehead atoms. The predicted octanol–water partition coefficient (Wildman–Crippen LogP) is 2.68. The van der Waals surface area contributed by atoms with Gasteiger partial charge >= 0.3 is 5.97 Å². The number of fused-ring (bicyclic) bond motifs is 3. The van der Waals surface area contributed by atoms with Crippen molar-refractivity contribution in [2.24, 2.45) is 0 Å². The zero-order valence-electron chi connectivity index (χ0n) is 11.1. The van der Waals surface area contributed by atoms with Gasteiger partial charge in [-0.25, -0.2) is 0 Å². The summed E-state index contributed by atoms with van der Waals surface area (Å²) in [5, 5.41) is 18.8. The molecule has 0 saturated carbocycles. The number of pyridine rings is 1. The van der Waals surface area contributed by atoms with Crippen molar-refractivity contribution in [3.05, 3.63) is 35.4 Å². The SMILES string of the molecule is Cc1ccc2c(c1)cc(C)c1nnc(SCC(=O)O)n12. The van der Waals surface area contributed by atoms with Crippen LogP contribution in [0.4, 0.5) is 0 Å². The van der Waals surface area contributed by atoms with Crippen molar-refractivity contribution >= 4 is 34.3 Å². The van der Waals surface area contributed by atoms with Gasteiger partial charge in [-0.2, -0.15) is 0 Å². The van der Waals surface area contributed by atoms with Crippen LogP contribution in [0.3, 0.4) is 0 Å². The van der Waals surface area contributed by atoms with Crippen LogP contribution >= 0.6 is 11.8 Å². The van der Waals surface area contributed by atoms with Gasteiger partial charge in [0.1, 0.15) is 0 Å². The molecule has 0 atom stereocenters. The van der Waals surface area contributed by atoms with Gasteiger partial charge in [-0.1, -0.05) is 23.4 Å². The van der Waals surface area contributed by atoms with Crippen LogP contribution in [0.25, 0.3) is 16.6 Å². The molecule has 0 amide bonds. The second-order valence-corrected chi connectivity index (χ2v) is 5.66. The van der Waals surface area contributed by atoms with E-state index in [2.05, 4.69) is 22.3 Å². The lowest BCUT2D eigenvalue weighted by molar-refractivity contribution is -0.133. The number of hydrogen-bond donors (Lipinski definition) is 1. The zero-order chi connectivity index (χ0) is 14.3. The standard InChI is InChI=1S/C14H13N3O2S/c1-8-3-4-11-10(5-8)6-9(2)13-15-16-14(17(11)13)20-7-12(18)19/h3-6H,7H2,1-2H3,(H,18,19). The minimum absolute atomic E-state index is 0.0257. The van der Waals surface area contributed by atoms with E-state index in [1.165, 1.54) is 17.3 Å². The Kier molecular flexibility index (Phi) is 3.10. The zero-order valence-corrected chi connectivity index (χ0v) is 11.9. The molecule has 5 nitrogen and oxygen atoms in total. The summed E-state index contributed by atoms with van der Waals surface area (Å²) in [6.45, 7) is 4.03. The molecule has 0 unspecified atom stereocenters. The number of aromatic nitrogens is 3. The summed E-state index contributed by atoms with van der Waals surface area (Å²) in [6, 6.07) is 8.24. The molecule has 20 heavy (non-hydrogen) atoms. The Labute approximate surface area is 119 Å². The predicted molar refractivity (Wildman–Crippen MR) is 78.3 cm³/mol. The van der Waals surface area contributed by atoms with E-state index in [1.807, 2.05) is 30.4 Å². The van der Waals surface area contributed by atoms with E-state index in [1.54, 1.807) is 0 Å². The summed E-state index contributed by atoms with van der Waals surface area (Å²) in [5.41, 5.74) is 3.98. The van der Waals surface area contributed by atoms with Crippen LogP contribution < -0.4 is 0 Å². The van der Waals surface area contributed by atoms with E-state index in [4.69, 9.17) is 5.11 Å². The highest BCUT2D eigenvalue weighted by Crippen LogP contribution is 2.26. The van der Waals surface area contributed by atoms with E-state index in [9.17, 15) is 4.79 Å². The minimum atomic E-state index is -0.862. The summed E-state index contributed by atoms with van der Waals surface area (Å²) >= 11 is 1.18. The van der Waals surface area contributed by atoms with E-state index in [0.717, 1.165) is 22.1 Å². The number of carboxylic acids is 1. The summed E-state index contributed by atoms with van der Waals surface area (Å²) in [5.74, 6) is -0.887. The highest BCUT2D eigenvalue weighted by atomic mass is 32.2. The molecule has 2 heterocycles. The molecular formula is C14H13N3O2S. The van der Waals surface area contributed by atoms with E-state index < -0.39 is 5.97 Å². The Morgan fingerprint density at radius 1 is 1.30 bits per heavy atom. The van der Waals surface area contributed by atoms with Crippen LogP contribution in [0, 0.1) is 13.8 Å². The van der Waals surface area contributed by atoms with Gasteiger partial charge in [0.15, 0.2) is 10.8 Å². The molecule has 1 N–H and O–H groups in total. The Balaban J connectivity index is 2.27. The fourth-order valence-corrected chi connectivity index (χ4v) is 2.92. The molecule has 0 aliphatic heterocycles. The van der Waals surface area contributed by atoms with Crippen LogP contribution in [-0.2, 0) is 4.79 Å². The van der Waals surface area contributed by atoms with Crippen molar-refractivity contribution < 1.29 is 9.90 Å². The summed E-state index contributed by atoms with van der Waals surface area (Å²) in [7, 11) is 0. The fourth-order valence-electron chi connectivity index (χ4n) is 2.25. The second kappa shape index (κ2) is 4.79. The van der Waals surface area contributed by atoms with Crippen molar-refractivity contribution in [3.8, 4) is 0 Å². The number of nitrogens with zero attached hydrogens (tertiary/aromatic N) is 3. The van der Waals surface area contributed by atoms with E-state index in [-0.39, 0.29) is 5.75 Å². The van der Waals surface area contributed by atoms with Gasteiger partial charge in [-0.15, -0.1) is 10.2 Å². The van der Waals surface area contributed by atoms with Gasteiger partial charge in [-0.05, 0) is 43.0 Å². The molecule has 6 heteroatoms. The van der Waals surface area contributed by atoms with Gasteiger partial charge in [0.2, 0.25) is 0 Å². The van der Waals surface area contributed by atoms with Crippen LogP contribution in [0.5, 0.6) is 0 Å². The summed E-state index contributed by atoms with van der Waals surface area (Å²) < 4.78 is 1.93. The first-order valence-electron chi connectivity index (χ1n) is 6.16. The Morgan fingerprint density at radius 2 is 2.10 bits per heavy atom. The quantitative estimate of drug-likeness (QED) is 0.750. The third-order valence-electron chi connectivity index (χ3n) is 3.11. The molecule has 3 aromatic rings. The van der Waals surface area contributed by atoms with Crippen LogP contribution in [0.15, 0.2) is 29.4 Å². The first-order valence-corrected chi connectivity index (χ1v) is 7.14. The Morgan fingerprint density at radius 3 is 2.85 bits per heavy atom. The first-order chi connectivity index (χ1) is 9.56. The maximum atomic E-state index is 10.7. The fraction of sp³-hybridized carbons (Fsp3) is 0.214. The molecule has 0 aliphatic carbocycles. The van der Waals surface area contributed by atoms with E-state index in [0.29, 0.717) is 5.16 Å². The smallest absolute Gasteiger partial charge is 0.313 e. The van der Waals surface area contributed by atoms with E-state index >= 15 is 0 Å². The van der Waals surface area contributed by atoms with Gasteiger partial charge in [-0.3, -0.25) is 9.20 Å². The molecule has 0 aliphatic rings. The number of rotatable bonds is 3. The molecule has 0 spiro atoms. The maximum absolute atomic E-state index is 10.7. The number of thioether (sulfide) groups is 1. The van der Waals surface area contributed by atoms with Gasteiger partial charge < -0.3 is 5.11 Å². The van der Waals surface area contributed by atoms with Crippen molar-refractivity contribution in [1.82, 2.24) is 14.6 Å². The van der Waals surface area contributed by atoms with Crippen LogP contribution in [0.1, 0.15) is 11.1 Å². The summed E-state index contributed by atoms with van der Waals surface area (Å²) in [6.07, 6.45) is 0. The van der Waals surface area contributed by atoms with Crippen molar-refractivity contribution in [2.45, 2.75) is 19.0 Å². The van der Waals surface area contributed by atoms with Crippen LogP contribution in [-0.4, -0.2) is 31.4 Å². The van der Waals surface area contributed by atoms with Gasteiger partial charge in [0, 0.05) is 0 Å². The van der Waals surface area contributed by atoms with Gasteiger partial charge in [0.05, 0.1) is 11.3 Å². The average molecular weight is 287 g/mol. The topological polar surface area (TPSA) is 67.5 Å². The van der Waals surface area contributed by atoms with Crippen molar-refractivity contribution in [1.29, 1.82) is 0 Å². The number of carboxylic acid groups (broad SMARTS) is 1. The molecule has 1 aromatic carbocycles. The third kappa shape index (κ3) is 2.12. The lowest BCUT2D eigenvalue weighted by atomic mass is 10.1. The lowest BCUT2D eigenvalue weighted by Gasteiger charge is -2.07. The minimum Gasteiger partial charge on any atom is -0.481 e. The lowest BCUT2D eigenvalue weighted by Crippen LogP contribution is -2.00. The van der Waals surface area contributed by atoms with Gasteiger partial charge in [0.25, 0.3) is 0 Å². The second-order valence-electron chi connectivity index (χ2n) is 4.71. The van der Waals surface area contributed by atoms with Crippen molar-refractivity contribution in [3.63, 3.8) is 0 Å². The number of aryl methyl sites for hydroxylation is 2. The molecule has 2 aromatic heterocycles. The summed E-state index contributed by atoms with van der Waals surface area (Å²) in [4.78, 5) is 10.7. The normalized spacial score (nSPS) is 11.3. The largest absolute Gasteiger partial charge is 0.481 e. The molecule has 0 fully saturated rings. The van der Waals surface area contributed by atoms with Crippen molar-refractivity contribution in [2.75, 3.05) is 5.75 Å². The monoisotopic (exact) mass is 287 g/mol. The molecule has 102 valence electrons. The average Bonchev–Trinajstić information content (AvgIpc) is 2.80. The molecular weight excluding hydrogens is 274 g/mol. The third-order valence-corrected chi connectivity index (χ3v) is 4.02. The highest BCUT2D eigenvalue weighted by molar-refractivity contribution is 7.99. The Bertz CT molecular complexity index is 826. The highest BCUT2D eigenvalue weighted by Gasteiger charge is 2.13. The first kappa shape index (κ1) is 12.9. The van der Waals surface area contributed by atoms with Crippen LogP contribution in [0.2, 0.25) is 0 Å². The molecule has 0 radical (unpaired) electrons.